The maximum Gasteiger partial charge on any atom is 0.411 e. The number of rotatable bonds is 5. The quantitative estimate of drug-likeness (QED) is 0.603. The molecule has 1 amide bonds. The fourth-order valence-electron chi connectivity index (χ4n) is 4.34. The monoisotopic (exact) mass is 440 g/mol. The molecule has 0 spiro atoms. The van der Waals surface area contributed by atoms with E-state index in [9.17, 15) is 9.36 Å². The lowest BCUT2D eigenvalue weighted by atomic mass is 9.91. The second-order valence-electron chi connectivity index (χ2n) is 9.97. The van der Waals surface area contributed by atoms with Gasteiger partial charge in [-0.1, -0.05) is 51.1 Å². The highest BCUT2D eigenvalue weighted by atomic mass is 31.2. The molecular formula is C22H37N2O5P. The molecule has 0 aliphatic carbocycles. The molecule has 1 aliphatic rings. The predicted octanol–water partition coefficient (Wildman–Crippen LogP) is 4.97. The van der Waals surface area contributed by atoms with Gasteiger partial charge >= 0.3 is 13.7 Å². The molecule has 1 aromatic carbocycles. The minimum Gasteiger partial charge on any atom is -0.444 e. The van der Waals surface area contributed by atoms with Gasteiger partial charge in [0.2, 0.25) is 0 Å². The van der Waals surface area contributed by atoms with E-state index in [0.29, 0.717) is 6.42 Å². The van der Waals surface area contributed by atoms with Gasteiger partial charge in [-0.2, -0.15) is 0 Å². The van der Waals surface area contributed by atoms with Crippen molar-refractivity contribution in [3.63, 3.8) is 0 Å². The van der Waals surface area contributed by atoms with Crippen LogP contribution in [0.1, 0.15) is 47.1 Å². The summed E-state index contributed by atoms with van der Waals surface area (Å²) in [6.07, 6.45) is -0.410. The number of benzene rings is 1. The van der Waals surface area contributed by atoms with Crippen molar-refractivity contribution in [1.82, 2.24) is 9.80 Å². The zero-order valence-electron chi connectivity index (χ0n) is 19.8. The molecule has 1 saturated heterocycles. The topological polar surface area (TPSA) is 68.3 Å². The van der Waals surface area contributed by atoms with Crippen LogP contribution in [0.3, 0.4) is 0 Å². The maximum atomic E-state index is 14.0. The molecule has 0 N–H and O–H groups in total. The van der Waals surface area contributed by atoms with Crippen molar-refractivity contribution in [3.05, 3.63) is 35.9 Å². The molecular weight excluding hydrogens is 403 g/mol. The summed E-state index contributed by atoms with van der Waals surface area (Å²) in [6, 6.07) is 9.78. The highest BCUT2D eigenvalue weighted by molar-refractivity contribution is 7.55. The minimum atomic E-state index is -3.64. The number of carbonyl (C=O) groups excluding carboxylic acids is 1. The van der Waals surface area contributed by atoms with Gasteiger partial charge in [0.1, 0.15) is 10.9 Å². The van der Waals surface area contributed by atoms with Crippen molar-refractivity contribution in [3.8, 4) is 0 Å². The summed E-state index contributed by atoms with van der Waals surface area (Å²) >= 11 is 0. The van der Waals surface area contributed by atoms with Crippen molar-refractivity contribution in [1.29, 1.82) is 0 Å². The third-order valence-corrected chi connectivity index (χ3v) is 8.06. The highest BCUT2D eigenvalue weighted by Crippen LogP contribution is 2.65. The Bertz CT molecular complexity index is 779. The summed E-state index contributed by atoms with van der Waals surface area (Å²) in [5.41, 5.74) is 0.00291. The summed E-state index contributed by atoms with van der Waals surface area (Å²) in [4.78, 5) is 16.9. The number of hydrogen-bond donors (Lipinski definition) is 0. The number of likely N-dealkylation sites (N-methyl/N-ethyl adjacent to an activating group) is 1. The van der Waals surface area contributed by atoms with Crippen molar-refractivity contribution in [2.45, 2.75) is 65.0 Å². The number of hydrogen-bond acceptors (Lipinski definition) is 6. The summed E-state index contributed by atoms with van der Waals surface area (Å²) in [5.74, 6) is 0. The van der Waals surface area contributed by atoms with Gasteiger partial charge in [0, 0.05) is 20.6 Å². The fourth-order valence-corrected chi connectivity index (χ4v) is 6.36. The summed E-state index contributed by atoms with van der Waals surface area (Å²) < 4.78 is 30.7. The van der Waals surface area contributed by atoms with E-state index in [0.717, 1.165) is 5.56 Å². The molecule has 2 rings (SSSR count). The van der Waals surface area contributed by atoms with E-state index in [1.165, 1.54) is 14.2 Å². The Hall–Kier alpha value is -1.40. The Morgan fingerprint density at radius 3 is 2.07 bits per heavy atom. The lowest BCUT2D eigenvalue weighted by Crippen LogP contribution is -2.53. The number of nitrogens with zero attached hydrogens (tertiary/aromatic N) is 2. The lowest BCUT2D eigenvalue weighted by molar-refractivity contribution is -0.00861. The standard InChI is InChI=1S/C22H37N2O5P/c1-20(2,3)18-23(7)22(30(26,27-8)28-9,15-17-13-11-10-12-14-17)16-24(18)19(25)29-21(4,5)6/h10-14,18H,15-16H2,1-9H3/t18-,22-/m1/s1. The van der Waals surface area contributed by atoms with Gasteiger partial charge in [-0.3, -0.25) is 14.4 Å². The molecule has 0 saturated carbocycles. The molecule has 2 atom stereocenters. The molecule has 1 aliphatic heterocycles. The molecule has 8 heteroatoms. The zero-order chi connectivity index (χ0) is 23.0. The van der Waals surface area contributed by atoms with E-state index in [1.807, 2.05) is 63.1 Å². The molecule has 1 fully saturated rings. The van der Waals surface area contributed by atoms with Gasteiger partial charge in [0.15, 0.2) is 0 Å². The van der Waals surface area contributed by atoms with Crippen LogP contribution in [0.15, 0.2) is 30.3 Å². The third-order valence-electron chi connectivity index (χ3n) is 5.47. The van der Waals surface area contributed by atoms with Gasteiger partial charge in [0.05, 0.1) is 12.7 Å². The predicted molar refractivity (Wildman–Crippen MR) is 118 cm³/mol. The van der Waals surface area contributed by atoms with Gasteiger partial charge in [-0.05, 0) is 38.8 Å². The number of amides is 1. The lowest BCUT2D eigenvalue weighted by Gasteiger charge is -2.43. The van der Waals surface area contributed by atoms with Crippen molar-refractivity contribution in [2.24, 2.45) is 5.41 Å². The Labute approximate surface area is 181 Å². The van der Waals surface area contributed by atoms with Crippen LogP contribution in [0.4, 0.5) is 4.79 Å². The Morgan fingerprint density at radius 1 is 1.10 bits per heavy atom. The van der Waals surface area contributed by atoms with Crippen LogP contribution in [0.2, 0.25) is 0 Å². The third kappa shape index (κ3) is 4.75. The van der Waals surface area contributed by atoms with Gasteiger partial charge in [-0.15, -0.1) is 0 Å². The SMILES string of the molecule is COP(=O)(OC)[C@]1(Cc2ccccc2)CN(C(=O)OC(C)(C)C)[C@H](C(C)(C)C)N1C. The van der Waals surface area contributed by atoms with Crippen LogP contribution in [-0.2, 0) is 24.8 Å². The first kappa shape index (κ1) is 24.9. The van der Waals surface area contributed by atoms with Crippen LogP contribution in [0.25, 0.3) is 0 Å². The largest absolute Gasteiger partial charge is 0.444 e. The Kier molecular flexibility index (Phi) is 7.14. The zero-order valence-corrected chi connectivity index (χ0v) is 20.7. The molecule has 0 radical (unpaired) electrons. The Balaban J connectivity index is 2.63. The fraction of sp³-hybridized carbons (Fsp3) is 0.682. The second-order valence-corrected chi connectivity index (χ2v) is 12.5. The van der Waals surface area contributed by atoms with Gasteiger partial charge < -0.3 is 13.8 Å². The van der Waals surface area contributed by atoms with E-state index in [2.05, 4.69) is 20.8 Å². The molecule has 1 aromatic rings. The van der Waals surface area contributed by atoms with E-state index >= 15 is 0 Å². The minimum absolute atomic E-state index is 0.161. The number of carbonyl (C=O) groups is 1. The van der Waals surface area contributed by atoms with E-state index in [4.69, 9.17) is 13.8 Å². The average molecular weight is 441 g/mol. The molecule has 0 unspecified atom stereocenters. The average Bonchev–Trinajstić information content (AvgIpc) is 2.94. The summed E-state index contributed by atoms with van der Waals surface area (Å²) in [7, 11) is 1.03. The molecule has 170 valence electrons. The van der Waals surface area contributed by atoms with Crippen LogP contribution >= 0.6 is 7.60 Å². The van der Waals surface area contributed by atoms with Crippen molar-refractivity contribution >= 4 is 13.7 Å². The first-order valence-corrected chi connectivity index (χ1v) is 11.7. The Morgan fingerprint density at radius 2 is 1.63 bits per heavy atom. The van der Waals surface area contributed by atoms with Crippen LogP contribution in [0, 0.1) is 5.41 Å². The second kappa shape index (κ2) is 8.62. The molecule has 7 nitrogen and oxygen atoms in total. The van der Waals surface area contributed by atoms with Crippen LogP contribution in [-0.4, -0.2) is 60.8 Å². The summed E-state index contributed by atoms with van der Waals surface area (Å²) in [6.45, 7) is 11.8. The molecule has 30 heavy (non-hydrogen) atoms. The molecule has 0 bridgehead atoms. The first-order chi connectivity index (χ1) is 13.7. The van der Waals surface area contributed by atoms with Crippen LogP contribution < -0.4 is 0 Å². The normalized spacial score (nSPS) is 23.6. The van der Waals surface area contributed by atoms with E-state index in [-0.39, 0.29) is 18.1 Å². The molecule has 0 aromatic heterocycles. The maximum absolute atomic E-state index is 14.0. The van der Waals surface area contributed by atoms with Crippen molar-refractivity contribution < 1.29 is 23.1 Å². The first-order valence-electron chi connectivity index (χ1n) is 10.2. The smallest absolute Gasteiger partial charge is 0.411 e. The van der Waals surface area contributed by atoms with Crippen LogP contribution in [0.5, 0.6) is 0 Å². The van der Waals surface area contributed by atoms with Gasteiger partial charge in [-0.25, -0.2) is 4.79 Å². The van der Waals surface area contributed by atoms with E-state index < -0.39 is 24.6 Å². The summed E-state index contributed by atoms with van der Waals surface area (Å²) in [5, 5.41) is -1.06. The van der Waals surface area contributed by atoms with E-state index in [1.54, 1.807) is 4.90 Å². The van der Waals surface area contributed by atoms with Crippen molar-refractivity contribution in [2.75, 3.05) is 27.8 Å². The highest BCUT2D eigenvalue weighted by Gasteiger charge is 2.64. The van der Waals surface area contributed by atoms with Gasteiger partial charge in [0.25, 0.3) is 0 Å². The molecule has 1 heterocycles. The number of ether oxygens (including phenoxy) is 1.